The third kappa shape index (κ3) is 8.40. The molecule has 0 aliphatic heterocycles. The number of rotatable bonds is 12. The van der Waals surface area contributed by atoms with Crippen LogP contribution in [0.3, 0.4) is 0 Å². The van der Waals surface area contributed by atoms with Crippen molar-refractivity contribution in [3.05, 3.63) is 63.6 Å². The number of benzene rings is 2. The van der Waals surface area contributed by atoms with Crippen LogP contribution in [0.5, 0.6) is 0 Å². The number of halogens is 2. The SMILES string of the molecule is CCCCNC(=O)C(C)N(Cc1ccc(Cl)cc1Cl)C(=O)CN(c1ccc(CC)cc1)S(C)(=O)=O. The second-order valence-electron chi connectivity index (χ2n) is 8.37. The highest BCUT2D eigenvalue weighted by atomic mass is 35.5. The van der Waals surface area contributed by atoms with Gasteiger partial charge in [0.25, 0.3) is 0 Å². The van der Waals surface area contributed by atoms with E-state index in [0.29, 0.717) is 27.8 Å². The highest BCUT2D eigenvalue weighted by Gasteiger charge is 2.30. The first-order valence-electron chi connectivity index (χ1n) is 11.6. The lowest BCUT2D eigenvalue weighted by Gasteiger charge is -2.31. The number of carbonyl (C=O) groups excluding carboxylic acids is 2. The van der Waals surface area contributed by atoms with Crippen molar-refractivity contribution in [3.8, 4) is 0 Å². The second kappa shape index (κ2) is 13.1. The molecule has 0 spiro atoms. The maximum Gasteiger partial charge on any atom is 0.244 e. The molecule has 0 fully saturated rings. The Balaban J connectivity index is 2.37. The van der Waals surface area contributed by atoms with E-state index in [-0.39, 0.29) is 12.5 Å². The van der Waals surface area contributed by atoms with Gasteiger partial charge in [0.2, 0.25) is 21.8 Å². The van der Waals surface area contributed by atoms with Gasteiger partial charge in [0.1, 0.15) is 12.6 Å². The average Bonchev–Trinajstić information content (AvgIpc) is 2.81. The van der Waals surface area contributed by atoms with E-state index < -0.39 is 28.5 Å². The van der Waals surface area contributed by atoms with E-state index in [1.54, 1.807) is 37.3 Å². The van der Waals surface area contributed by atoms with E-state index in [0.717, 1.165) is 35.4 Å². The summed E-state index contributed by atoms with van der Waals surface area (Å²) in [6.45, 7) is 5.68. The van der Waals surface area contributed by atoms with Crippen molar-refractivity contribution >= 4 is 50.7 Å². The van der Waals surface area contributed by atoms with Crippen molar-refractivity contribution in [1.29, 1.82) is 0 Å². The highest BCUT2D eigenvalue weighted by Crippen LogP contribution is 2.24. The quantitative estimate of drug-likeness (QED) is 0.396. The molecule has 1 atom stereocenters. The van der Waals surface area contributed by atoms with Crippen LogP contribution in [-0.2, 0) is 32.6 Å². The molecule has 0 bridgehead atoms. The molecule has 10 heteroatoms. The molecule has 2 amide bonds. The van der Waals surface area contributed by atoms with Gasteiger partial charge in [0.05, 0.1) is 11.9 Å². The van der Waals surface area contributed by atoms with Gasteiger partial charge < -0.3 is 10.2 Å². The minimum atomic E-state index is -3.77. The summed E-state index contributed by atoms with van der Waals surface area (Å²) in [5, 5.41) is 3.63. The molecular weight excluding hydrogens is 509 g/mol. The van der Waals surface area contributed by atoms with Crippen LogP contribution in [-0.4, -0.2) is 50.5 Å². The number of carbonyl (C=O) groups is 2. The van der Waals surface area contributed by atoms with Crippen molar-refractivity contribution in [3.63, 3.8) is 0 Å². The van der Waals surface area contributed by atoms with Gasteiger partial charge in [-0.3, -0.25) is 13.9 Å². The Morgan fingerprint density at radius 1 is 1.06 bits per heavy atom. The lowest BCUT2D eigenvalue weighted by atomic mass is 10.1. The Hall–Kier alpha value is -2.29. The Labute approximate surface area is 218 Å². The Kier molecular flexibility index (Phi) is 10.9. The smallest absolute Gasteiger partial charge is 0.244 e. The molecule has 192 valence electrons. The number of sulfonamides is 1. The zero-order chi connectivity index (χ0) is 26.2. The van der Waals surface area contributed by atoms with Crippen molar-refractivity contribution in [2.45, 2.75) is 52.6 Å². The molecule has 0 radical (unpaired) electrons. The van der Waals surface area contributed by atoms with E-state index >= 15 is 0 Å². The normalized spacial score (nSPS) is 12.2. The van der Waals surface area contributed by atoms with Crippen LogP contribution < -0.4 is 9.62 Å². The highest BCUT2D eigenvalue weighted by molar-refractivity contribution is 7.92. The van der Waals surface area contributed by atoms with Gasteiger partial charge in [0.15, 0.2) is 0 Å². The number of anilines is 1. The summed E-state index contributed by atoms with van der Waals surface area (Å²) >= 11 is 12.3. The van der Waals surface area contributed by atoms with Crippen molar-refractivity contribution in [2.24, 2.45) is 0 Å². The maximum absolute atomic E-state index is 13.5. The zero-order valence-electron chi connectivity index (χ0n) is 20.6. The maximum atomic E-state index is 13.5. The standard InChI is InChI=1S/C25H33Cl2N3O4S/c1-5-7-14-28-25(32)18(3)29(16-20-10-11-21(26)15-23(20)27)24(31)17-30(35(4,33)34)22-12-8-19(6-2)9-13-22/h8-13,15,18H,5-7,14,16-17H2,1-4H3,(H,28,32). The molecule has 35 heavy (non-hydrogen) atoms. The summed E-state index contributed by atoms with van der Waals surface area (Å²) in [7, 11) is -3.77. The first-order chi connectivity index (χ1) is 16.5. The molecule has 0 aromatic heterocycles. The zero-order valence-corrected chi connectivity index (χ0v) is 22.9. The van der Waals surface area contributed by atoms with Gasteiger partial charge in [-0.05, 0) is 55.2 Å². The lowest BCUT2D eigenvalue weighted by Crippen LogP contribution is -2.51. The third-order valence-corrected chi connectivity index (χ3v) is 7.39. The minimum absolute atomic E-state index is 0.0174. The van der Waals surface area contributed by atoms with Crippen LogP contribution in [0.2, 0.25) is 10.0 Å². The second-order valence-corrected chi connectivity index (χ2v) is 11.1. The van der Waals surface area contributed by atoms with Crippen LogP contribution in [0.4, 0.5) is 5.69 Å². The van der Waals surface area contributed by atoms with Gasteiger partial charge in [-0.1, -0.05) is 61.7 Å². The Morgan fingerprint density at radius 2 is 1.71 bits per heavy atom. The van der Waals surface area contributed by atoms with Crippen LogP contribution in [0.1, 0.15) is 44.7 Å². The molecule has 7 nitrogen and oxygen atoms in total. The first-order valence-corrected chi connectivity index (χ1v) is 14.2. The molecule has 1 N–H and O–H groups in total. The monoisotopic (exact) mass is 541 g/mol. The van der Waals surface area contributed by atoms with Crippen molar-refractivity contribution < 1.29 is 18.0 Å². The van der Waals surface area contributed by atoms with E-state index in [4.69, 9.17) is 23.2 Å². The fourth-order valence-electron chi connectivity index (χ4n) is 3.46. The predicted molar refractivity (Wildman–Crippen MR) is 142 cm³/mol. The third-order valence-electron chi connectivity index (χ3n) is 5.66. The van der Waals surface area contributed by atoms with Gasteiger partial charge in [-0.25, -0.2) is 8.42 Å². The Bertz CT molecular complexity index is 1120. The Morgan fingerprint density at radius 3 is 2.26 bits per heavy atom. The number of unbranched alkanes of at least 4 members (excludes halogenated alkanes) is 1. The molecule has 2 aromatic rings. The van der Waals surface area contributed by atoms with E-state index in [1.165, 1.54) is 4.90 Å². The summed E-state index contributed by atoms with van der Waals surface area (Å²) < 4.78 is 26.3. The number of hydrogen-bond donors (Lipinski definition) is 1. The number of hydrogen-bond acceptors (Lipinski definition) is 4. The molecule has 0 saturated heterocycles. The number of aryl methyl sites for hydroxylation is 1. The number of nitrogens with one attached hydrogen (secondary N) is 1. The van der Waals surface area contributed by atoms with Crippen molar-refractivity contribution in [2.75, 3.05) is 23.7 Å². The summed E-state index contributed by atoms with van der Waals surface area (Å²) in [5.41, 5.74) is 2.02. The lowest BCUT2D eigenvalue weighted by molar-refractivity contribution is -0.139. The summed E-state index contributed by atoms with van der Waals surface area (Å²) in [4.78, 5) is 27.7. The first kappa shape index (κ1) is 28.9. The van der Waals surface area contributed by atoms with Crippen LogP contribution >= 0.6 is 23.2 Å². The summed E-state index contributed by atoms with van der Waals surface area (Å²) in [6.07, 6.45) is 3.58. The topological polar surface area (TPSA) is 86.8 Å². The summed E-state index contributed by atoms with van der Waals surface area (Å²) in [6, 6.07) is 11.0. The minimum Gasteiger partial charge on any atom is -0.354 e. The van der Waals surface area contributed by atoms with Crippen LogP contribution in [0.15, 0.2) is 42.5 Å². The van der Waals surface area contributed by atoms with E-state index in [2.05, 4.69) is 5.32 Å². The van der Waals surface area contributed by atoms with E-state index in [9.17, 15) is 18.0 Å². The van der Waals surface area contributed by atoms with E-state index in [1.807, 2.05) is 26.0 Å². The van der Waals surface area contributed by atoms with Gasteiger partial charge in [-0.15, -0.1) is 0 Å². The molecule has 1 unspecified atom stereocenters. The summed E-state index contributed by atoms with van der Waals surface area (Å²) in [5.74, 6) is -0.853. The number of amides is 2. The van der Waals surface area contributed by atoms with Crippen LogP contribution in [0.25, 0.3) is 0 Å². The molecule has 0 aliphatic rings. The molecule has 2 rings (SSSR count). The predicted octanol–water partition coefficient (Wildman–Crippen LogP) is 4.66. The number of nitrogens with zero attached hydrogens (tertiary/aromatic N) is 2. The van der Waals surface area contributed by atoms with Crippen LogP contribution in [0, 0.1) is 0 Å². The van der Waals surface area contributed by atoms with Gasteiger partial charge >= 0.3 is 0 Å². The molecule has 0 heterocycles. The largest absolute Gasteiger partial charge is 0.354 e. The fourth-order valence-corrected chi connectivity index (χ4v) is 4.78. The average molecular weight is 543 g/mol. The molecular formula is C25H33Cl2N3O4S. The van der Waals surface area contributed by atoms with Gasteiger partial charge in [0, 0.05) is 23.1 Å². The molecule has 0 aliphatic carbocycles. The molecule has 0 saturated carbocycles. The van der Waals surface area contributed by atoms with Crippen molar-refractivity contribution in [1.82, 2.24) is 10.2 Å². The van der Waals surface area contributed by atoms with Gasteiger partial charge in [-0.2, -0.15) is 0 Å². The molecule has 2 aromatic carbocycles. The fraction of sp³-hybridized carbons (Fsp3) is 0.440.